The van der Waals surface area contributed by atoms with Crippen LogP contribution in [0.2, 0.25) is 5.02 Å². The normalized spacial score (nSPS) is 20.8. The van der Waals surface area contributed by atoms with E-state index in [1.54, 1.807) is 12.4 Å². The Balaban J connectivity index is 1.65. The Hall–Kier alpha value is -1.70. The Morgan fingerprint density at radius 1 is 1.20 bits per heavy atom. The van der Waals surface area contributed by atoms with Gasteiger partial charge in [0.1, 0.15) is 11.3 Å². The summed E-state index contributed by atoms with van der Waals surface area (Å²) in [5, 5.41) is 3.92. The molecule has 3 aromatic rings. The molecule has 6 nitrogen and oxygen atoms in total. The highest BCUT2D eigenvalue weighted by atomic mass is 79.9. The first-order chi connectivity index (χ1) is 12.1. The number of halogens is 2. The summed E-state index contributed by atoms with van der Waals surface area (Å²) in [5.74, 6) is 0.590. The van der Waals surface area contributed by atoms with Crippen LogP contribution in [0.15, 0.2) is 35.2 Å². The van der Waals surface area contributed by atoms with Gasteiger partial charge in [0, 0.05) is 22.8 Å². The van der Waals surface area contributed by atoms with E-state index < -0.39 is 0 Å². The maximum absolute atomic E-state index is 6.36. The molecule has 0 unspecified atom stereocenters. The van der Waals surface area contributed by atoms with Crippen molar-refractivity contribution in [3.8, 4) is 11.4 Å². The Bertz CT molecular complexity index is 903. The van der Waals surface area contributed by atoms with Crippen molar-refractivity contribution in [2.45, 2.75) is 37.8 Å². The van der Waals surface area contributed by atoms with Gasteiger partial charge in [-0.15, -0.1) is 0 Å². The standard InChI is InChI=1S/C17H18BrClN6/c18-10-5-6-25-14(9-21-15(25)7-10)16-13(19)8-22-17(24-16)23-12-3-1-11(20)2-4-12/h5-9,11-12H,1-4,20H2,(H,22,23,24). The SMILES string of the molecule is NC1CCC(Nc2ncc(Cl)c(-c3cnc4cc(Br)ccn34)n2)CC1. The zero-order valence-corrected chi connectivity index (χ0v) is 15.8. The van der Waals surface area contributed by atoms with E-state index in [-0.39, 0.29) is 0 Å². The molecule has 0 amide bonds. The van der Waals surface area contributed by atoms with Crippen LogP contribution in [0.25, 0.3) is 17.0 Å². The lowest BCUT2D eigenvalue weighted by molar-refractivity contribution is 0.410. The number of rotatable bonds is 3. The average Bonchev–Trinajstić information content (AvgIpc) is 3.01. The lowest BCUT2D eigenvalue weighted by Crippen LogP contribution is -2.33. The van der Waals surface area contributed by atoms with Crippen molar-refractivity contribution >= 4 is 39.1 Å². The van der Waals surface area contributed by atoms with Gasteiger partial charge in [0.25, 0.3) is 0 Å². The fourth-order valence-corrected chi connectivity index (χ4v) is 3.70. The van der Waals surface area contributed by atoms with Crippen LogP contribution in [0.1, 0.15) is 25.7 Å². The van der Waals surface area contributed by atoms with Gasteiger partial charge < -0.3 is 11.1 Å². The average molecular weight is 422 g/mol. The molecule has 1 fully saturated rings. The molecular weight excluding hydrogens is 404 g/mol. The second-order valence-corrected chi connectivity index (χ2v) is 7.69. The zero-order chi connectivity index (χ0) is 17.4. The van der Waals surface area contributed by atoms with Gasteiger partial charge in [0.15, 0.2) is 0 Å². The van der Waals surface area contributed by atoms with Crippen LogP contribution in [0, 0.1) is 0 Å². The minimum Gasteiger partial charge on any atom is -0.351 e. The van der Waals surface area contributed by atoms with Crippen LogP contribution in [0.4, 0.5) is 5.95 Å². The zero-order valence-electron chi connectivity index (χ0n) is 13.5. The van der Waals surface area contributed by atoms with Crippen LogP contribution < -0.4 is 11.1 Å². The van der Waals surface area contributed by atoms with Crippen molar-refractivity contribution in [1.29, 1.82) is 0 Å². The number of aromatic nitrogens is 4. The minimum atomic E-state index is 0.317. The Labute approximate surface area is 159 Å². The first-order valence-electron chi connectivity index (χ1n) is 8.28. The Morgan fingerprint density at radius 3 is 2.80 bits per heavy atom. The molecule has 1 aliphatic carbocycles. The predicted octanol–water partition coefficient (Wildman–Crippen LogP) is 3.89. The van der Waals surface area contributed by atoms with E-state index in [1.807, 2.05) is 22.7 Å². The maximum atomic E-state index is 6.36. The molecule has 0 saturated heterocycles. The molecule has 0 aromatic carbocycles. The summed E-state index contributed by atoms with van der Waals surface area (Å²) >= 11 is 9.82. The van der Waals surface area contributed by atoms with E-state index in [0.29, 0.717) is 28.7 Å². The highest BCUT2D eigenvalue weighted by Crippen LogP contribution is 2.28. The molecule has 0 bridgehead atoms. The van der Waals surface area contributed by atoms with E-state index in [2.05, 4.69) is 36.2 Å². The molecule has 0 atom stereocenters. The van der Waals surface area contributed by atoms with Gasteiger partial charge in [0.05, 0.1) is 23.1 Å². The van der Waals surface area contributed by atoms with Crippen LogP contribution in [0.5, 0.6) is 0 Å². The molecule has 1 saturated carbocycles. The summed E-state index contributed by atoms with van der Waals surface area (Å²) in [6.07, 6.45) is 9.48. The number of nitrogens with two attached hydrogens (primary N) is 1. The van der Waals surface area contributed by atoms with E-state index in [0.717, 1.165) is 41.5 Å². The minimum absolute atomic E-state index is 0.317. The highest BCUT2D eigenvalue weighted by Gasteiger charge is 2.20. The molecule has 1 aliphatic rings. The third-order valence-electron chi connectivity index (χ3n) is 4.57. The van der Waals surface area contributed by atoms with Crippen LogP contribution >= 0.6 is 27.5 Å². The van der Waals surface area contributed by atoms with Crippen molar-refractivity contribution < 1.29 is 0 Å². The van der Waals surface area contributed by atoms with Gasteiger partial charge in [0.2, 0.25) is 5.95 Å². The predicted molar refractivity (Wildman–Crippen MR) is 103 cm³/mol. The van der Waals surface area contributed by atoms with Crippen molar-refractivity contribution in [2.75, 3.05) is 5.32 Å². The van der Waals surface area contributed by atoms with Gasteiger partial charge in [-0.25, -0.2) is 15.0 Å². The molecule has 4 rings (SSSR count). The second kappa shape index (κ2) is 6.90. The summed E-state index contributed by atoms with van der Waals surface area (Å²) < 4.78 is 2.94. The van der Waals surface area contributed by atoms with Gasteiger partial charge in [-0.05, 0) is 37.8 Å². The number of hydrogen-bond donors (Lipinski definition) is 2. The molecule has 0 radical (unpaired) electrons. The van der Waals surface area contributed by atoms with E-state index in [9.17, 15) is 0 Å². The summed E-state index contributed by atoms with van der Waals surface area (Å²) in [7, 11) is 0. The molecule has 0 spiro atoms. The number of hydrogen-bond acceptors (Lipinski definition) is 5. The summed E-state index contributed by atoms with van der Waals surface area (Å²) in [6.45, 7) is 0. The summed E-state index contributed by atoms with van der Waals surface area (Å²) in [5.41, 5.74) is 8.31. The Morgan fingerprint density at radius 2 is 2.00 bits per heavy atom. The molecule has 3 aromatic heterocycles. The number of pyridine rings is 1. The van der Waals surface area contributed by atoms with Crippen LogP contribution in [-0.2, 0) is 0 Å². The second-order valence-electron chi connectivity index (χ2n) is 6.36. The van der Waals surface area contributed by atoms with Crippen LogP contribution in [0.3, 0.4) is 0 Å². The van der Waals surface area contributed by atoms with E-state index in [1.165, 1.54) is 0 Å². The van der Waals surface area contributed by atoms with Crippen LogP contribution in [-0.4, -0.2) is 31.4 Å². The van der Waals surface area contributed by atoms with Gasteiger partial charge in [-0.2, -0.15) is 0 Å². The summed E-state index contributed by atoms with van der Waals surface area (Å²) in [4.78, 5) is 13.4. The number of nitrogens with one attached hydrogen (secondary N) is 1. The van der Waals surface area contributed by atoms with Crippen molar-refractivity contribution in [2.24, 2.45) is 5.73 Å². The molecule has 3 N–H and O–H groups in total. The molecule has 3 heterocycles. The van der Waals surface area contributed by atoms with Crippen molar-refractivity contribution in [1.82, 2.24) is 19.4 Å². The first-order valence-corrected chi connectivity index (χ1v) is 9.45. The molecule has 25 heavy (non-hydrogen) atoms. The van der Waals surface area contributed by atoms with Crippen molar-refractivity contribution in [3.63, 3.8) is 0 Å². The lowest BCUT2D eigenvalue weighted by atomic mass is 9.92. The number of fused-ring (bicyclic) bond motifs is 1. The largest absolute Gasteiger partial charge is 0.351 e. The maximum Gasteiger partial charge on any atom is 0.223 e. The number of nitrogens with zero attached hydrogens (tertiary/aromatic N) is 4. The fourth-order valence-electron chi connectivity index (χ4n) is 3.19. The van der Waals surface area contributed by atoms with Gasteiger partial charge in [-0.1, -0.05) is 27.5 Å². The smallest absolute Gasteiger partial charge is 0.223 e. The van der Waals surface area contributed by atoms with Gasteiger partial charge in [-0.3, -0.25) is 4.40 Å². The van der Waals surface area contributed by atoms with Gasteiger partial charge >= 0.3 is 0 Å². The first kappa shape index (κ1) is 16.8. The molecule has 130 valence electrons. The third kappa shape index (κ3) is 3.49. The van der Waals surface area contributed by atoms with E-state index >= 15 is 0 Å². The quantitative estimate of drug-likeness (QED) is 0.670. The number of imidazole rings is 1. The summed E-state index contributed by atoms with van der Waals surface area (Å²) in [6, 6.07) is 4.57. The topological polar surface area (TPSA) is 81.1 Å². The third-order valence-corrected chi connectivity index (χ3v) is 5.34. The monoisotopic (exact) mass is 420 g/mol. The molecule has 0 aliphatic heterocycles. The Kier molecular flexibility index (Phi) is 4.62. The lowest BCUT2D eigenvalue weighted by Gasteiger charge is -2.26. The van der Waals surface area contributed by atoms with Crippen molar-refractivity contribution in [3.05, 3.63) is 40.2 Å². The van der Waals surface area contributed by atoms with E-state index in [4.69, 9.17) is 17.3 Å². The highest BCUT2D eigenvalue weighted by molar-refractivity contribution is 9.10. The number of anilines is 1. The molecule has 8 heteroatoms. The fraction of sp³-hybridized carbons (Fsp3) is 0.353. The molecular formula is C17H18BrClN6.